The molecule has 7 nitrogen and oxygen atoms in total. The number of carbonyl (C=O) groups is 2. The van der Waals surface area contributed by atoms with Crippen LogP contribution in [-0.2, 0) is 4.79 Å². The van der Waals surface area contributed by atoms with Crippen molar-refractivity contribution < 1.29 is 19.1 Å². The average Bonchev–Trinajstić information content (AvgIpc) is 3.08. The lowest BCUT2D eigenvalue weighted by Gasteiger charge is -2.04. The highest BCUT2D eigenvalue weighted by Gasteiger charge is 2.12. The Morgan fingerprint density at radius 2 is 1.88 bits per heavy atom. The monoisotopic (exact) mass is 339 g/mol. The molecule has 0 saturated carbocycles. The van der Waals surface area contributed by atoms with Crippen molar-refractivity contribution in [3.63, 3.8) is 0 Å². The van der Waals surface area contributed by atoms with E-state index >= 15 is 0 Å². The minimum atomic E-state index is -0.419. The minimum absolute atomic E-state index is 0.162. The van der Waals surface area contributed by atoms with Crippen LogP contribution in [0.2, 0.25) is 0 Å². The third-order valence-corrected chi connectivity index (χ3v) is 3.52. The van der Waals surface area contributed by atoms with E-state index in [1.165, 1.54) is 6.21 Å². The maximum Gasteiger partial charge on any atom is 0.259 e. The number of hydrazone groups is 1. The van der Waals surface area contributed by atoms with Gasteiger partial charge in [0, 0.05) is 5.56 Å². The summed E-state index contributed by atoms with van der Waals surface area (Å²) in [6, 6.07) is 12.4. The fourth-order valence-electron chi connectivity index (χ4n) is 2.18. The standard InChI is InChI=1S/C18H17N3O4/c1-12-2-5-14(6-3-12)18(23)19-10-17(22)21-20-9-13-4-7-15-16(8-13)25-11-24-15/h2-9H,10-11H2,1H3,(H,19,23)(H,21,22)/b20-9-. The lowest BCUT2D eigenvalue weighted by atomic mass is 10.1. The average molecular weight is 339 g/mol. The van der Waals surface area contributed by atoms with Gasteiger partial charge in [0.05, 0.1) is 12.8 Å². The third-order valence-electron chi connectivity index (χ3n) is 3.52. The molecule has 2 amide bonds. The molecule has 3 rings (SSSR count). The van der Waals surface area contributed by atoms with E-state index in [0.717, 1.165) is 11.1 Å². The molecule has 2 aromatic rings. The molecule has 0 unspecified atom stereocenters. The zero-order valence-corrected chi connectivity index (χ0v) is 13.6. The van der Waals surface area contributed by atoms with E-state index in [1.807, 2.05) is 19.1 Å². The first-order valence-corrected chi connectivity index (χ1v) is 7.68. The van der Waals surface area contributed by atoms with Crippen LogP contribution < -0.4 is 20.2 Å². The highest BCUT2D eigenvalue weighted by molar-refractivity contribution is 5.96. The van der Waals surface area contributed by atoms with Crippen LogP contribution in [0.5, 0.6) is 11.5 Å². The maximum absolute atomic E-state index is 11.9. The summed E-state index contributed by atoms with van der Waals surface area (Å²) in [5.41, 5.74) is 4.68. The van der Waals surface area contributed by atoms with E-state index in [9.17, 15) is 9.59 Å². The number of nitrogens with one attached hydrogen (secondary N) is 2. The highest BCUT2D eigenvalue weighted by Crippen LogP contribution is 2.31. The van der Waals surface area contributed by atoms with Crippen LogP contribution in [0.15, 0.2) is 47.6 Å². The number of rotatable bonds is 5. The molecule has 0 atom stereocenters. The predicted octanol–water partition coefficient (Wildman–Crippen LogP) is 1.60. The number of aryl methyl sites for hydroxylation is 1. The van der Waals surface area contributed by atoms with Crippen molar-refractivity contribution in [2.45, 2.75) is 6.92 Å². The lowest BCUT2D eigenvalue weighted by Crippen LogP contribution is -2.34. The van der Waals surface area contributed by atoms with Gasteiger partial charge in [-0.3, -0.25) is 9.59 Å². The first-order valence-electron chi connectivity index (χ1n) is 7.68. The Labute approximate surface area is 144 Å². The number of amides is 2. The summed E-state index contributed by atoms with van der Waals surface area (Å²) in [4.78, 5) is 23.6. The van der Waals surface area contributed by atoms with Crippen LogP contribution in [0.1, 0.15) is 21.5 Å². The van der Waals surface area contributed by atoms with Crippen LogP contribution in [0.3, 0.4) is 0 Å². The molecule has 0 aromatic heterocycles. The summed E-state index contributed by atoms with van der Waals surface area (Å²) in [6.45, 7) is 1.98. The second-order valence-corrected chi connectivity index (χ2v) is 5.45. The number of hydrogen-bond donors (Lipinski definition) is 2. The first kappa shape index (κ1) is 16.5. The zero-order chi connectivity index (χ0) is 17.6. The second-order valence-electron chi connectivity index (χ2n) is 5.45. The fourth-order valence-corrected chi connectivity index (χ4v) is 2.18. The SMILES string of the molecule is Cc1ccc(C(=O)NCC(=O)N/N=C\c2ccc3c(c2)OCO3)cc1. The molecule has 0 spiro atoms. The van der Waals surface area contributed by atoms with Gasteiger partial charge in [-0.25, -0.2) is 5.43 Å². The highest BCUT2D eigenvalue weighted by atomic mass is 16.7. The van der Waals surface area contributed by atoms with Gasteiger partial charge in [0.1, 0.15) is 0 Å². The van der Waals surface area contributed by atoms with Gasteiger partial charge in [-0.1, -0.05) is 17.7 Å². The molecule has 1 heterocycles. The number of carbonyl (C=O) groups excluding carboxylic acids is 2. The number of hydrogen-bond acceptors (Lipinski definition) is 5. The number of nitrogens with zero attached hydrogens (tertiary/aromatic N) is 1. The molecule has 128 valence electrons. The van der Waals surface area contributed by atoms with E-state index in [-0.39, 0.29) is 19.2 Å². The molecule has 25 heavy (non-hydrogen) atoms. The summed E-state index contributed by atoms with van der Waals surface area (Å²) in [6.07, 6.45) is 1.49. The molecule has 7 heteroatoms. The fraction of sp³-hybridized carbons (Fsp3) is 0.167. The lowest BCUT2D eigenvalue weighted by molar-refractivity contribution is -0.120. The number of ether oxygens (including phenoxy) is 2. The van der Waals surface area contributed by atoms with Crippen LogP contribution in [0, 0.1) is 6.92 Å². The minimum Gasteiger partial charge on any atom is -0.454 e. The van der Waals surface area contributed by atoms with Crippen molar-refractivity contribution in [1.82, 2.24) is 10.7 Å². The molecular formula is C18H17N3O4. The molecule has 0 saturated heterocycles. The third kappa shape index (κ3) is 4.35. The molecule has 2 aromatic carbocycles. The Bertz CT molecular complexity index is 816. The van der Waals surface area contributed by atoms with Crippen molar-refractivity contribution in [3.8, 4) is 11.5 Å². The van der Waals surface area contributed by atoms with Crippen molar-refractivity contribution >= 4 is 18.0 Å². The summed E-state index contributed by atoms with van der Waals surface area (Å²) >= 11 is 0. The number of benzene rings is 2. The molecule has 1 aliphatic heterocycles. The van der Waals surface area contributed by atoms with Crippen LogP contribution in [0.25, 0.3) is 0 Å². The number of fused-ring (bicyclic) bond motifs is 1. The van der Waals surface area contributed by atoms with Crippen molar-refractivity contribution in [2.24, 2.45) is 5.10 Å². The Kier molecular flexibility index (Phi) is 4.94. The van der Waals surface area contributed by atoms with Gasteiger partial charge in [0.15, 0.2) is 11.5 Å². The van der Waals surface area contributed by atoms with Gasteiger partial charge in [0.25, 0.3) is 11.8 Å². The maximum atomic E-state index is 11.9. The Morgan fingerprint density at radius 1 is 1.12 bits per heavy atom. The Balaban J connectivity index is 1.46. The van der Waals surface area contributed by atoms with E-state index in [1.54, 1.807) is 30.3 Å². The quantitative estimate of drug-likeness (QED) is 0.640. The van der Waals surface area contributed by atoms with Gasteiger partial charge in [-0.15, -0.1) is 0 Å². The summed E-state index contributed by atoms with van der Waals surface area (Å²) in [7, 11) is 0. The summed E-state index contributed by atoms with van der Waals surface area (Å²) in [5, 5.41) is 6.40. The molecule has 0 bridgehead atoms. The molecular weight excluding hydrogens is 322 g/mol. The largest absolute Gasteiger partial charge is 0.454 e. The smallest absolute Gasteiger partial charge is 0.259 e. The van der Waals surface area contributed by atoms with Gasteiger partial charge < -0.3 is 14.8 Å². The van der Waals surface area contributed by atoms with Gasteiger partial charge in [-0.05, 0) is 42.8 Å². The van der Waals surface area contributed by atoms with E-state index < -0.39 is 5.91 Å². The van der Waals surface area contributed by atoms with Gasteiger partial charge in [0.2, 0.25) is 6.79 Å². The summed E-state index contributed by atoms with van der Waals surface area (Å²) in [5.74, 6) is 0.591. The van der Waals surface area contributed by atoms with E-state index in [0.29, 0.717) is 17.1 Å². The van der Waals surface area contributed by atoms with Crippen molar-refractivity contribution in [1.29, 1.82) is 0 Å². The van der Waals surface area contributed by atoms with Gasteiger partial charge in [-0.2, -0.15) is 5.10 Å². The molecule has 1 aliphatic rings. The van der Waals surface area contributed by atoms with Crippen molar-refractivity contribution in [3.05, 3.63) is 59.2 Å². The zero-order valence-electron chi connectivity index (χ0n) is 13.6. The van der Waals surface area contributed by atoms with E-state index in [4.69, 9.17) is 9.47 Å². The first-order chi connectivity index (χ1) is 12.1. The molecule has 0 fully saturated rings. The predicted molar refractivity (Wildman–Crippen MR) is 91.8 cm³/mol. The van der Waals surface area contributed by atoms with Crippen LogP contribution in [-0.4, -0.2) is 31.4 Å². The second kappa shape index (κ2) is 7.48. The Morgan fingerprint density at radius 3 is 2.68 bits per heavy atom. The van der Waals surface area contributed by atoms with Crippen LogP contribution >= 0.6 is 0 Å². The van der Waals surface area contributed by atoms with Gasteiger partial charge >= 0.3 is 0 Å². The topological polar surface area (TPSA) is 89.0 Å². The van der Waals surface area contributed by atoms with Crippen LogP contribution in [0.4, 0.5) is 0 Å². The molecule has 2 N–H and O–H groups in total. The molecule has 0 radical (unpaired) electrons. The van der Waals surface area contributed by atoms with E-state index in [2.05, 4.69) is 15.8 Å². The van der Waals surface area contributed by atoms with Crippen molar-refractivity contribution in [2.75, 3.05) is 13.3 Å². The normalized spacial score (nSPS) is 12.2. The Hall–Kier alpha value is -3.35. The molecule has 0 aliphatic carbocycles. The summed E-state index contributed by atoms with van der Waals surface area (Å²) < 4.78 is 10.5.